The second-order valence-corrected chi connectivity index (χ2v) is 8.44. The Morgan fingerprint density at radius 1 is 1.17 bits per heavy atom. The molecule has 2 aliphatic rings. The zero-order valence-electron chi connectivity index (χ0n) is 17.2. The predicted molar refractivity (Wildman–Crippen MR) is 111 cm³/mol. The van der Waals surface area contributed by atoms with Crippen molar-refractivity contribution < 1.29 is 9.21 Å². The van der Waals surface area contributed by atoms with Gasteiger partial charge in [0.05, 0.1) is 5.92 Å². The smallest absolute Gasteiger partial charge is 0.235 e. The van der Waals surface area contributed by atoms with Gasteiger partial charge in [0, 0.05) is 31.7 Å². The number of carbonyl (C=O) groups excluding carboxylic acids is 1. The van der Waals surface area contributed by atoms with Crippen LogP contribution < -0.4 is 4.90 Å². The van der Waals surface area contributed by atoms with E-state index in [0.29, 0.717) is 29.9 Å². The number of amides is 1. The van der Waals surface area contributed by atoms with E-state index in [0.717, 1.165) is 56.4 Å². The van der Waals surface area contributed by atoms with E-state index in [4.69, 9.17) is 4.42 Å². The Balaban J connectivity index is 1.51. The third-order valence-electron chi connectivity index (χ3n) is 6.17. The molecule has 4 rings (SSSR count). The first kappa shape index (κ1) is 19.5. The van der Waals surface area contributed by atoms with Crippen LogP contribution in [0.15, 0.2) is 28.7 Å². The van der Waals surface area contributed by atoms with Crippen LogP contribution in [-0.2, 0) is 4.79 Å². The summed E-state index contributed by atoms with van der Waals surface area (Å²) < 4.78 is 6.03. The highest BCUT2D eigenvalue weighted by molar-refractivity contribution is 5.80. The molecular weight excluding hydrogens is 364 g/mol. The summed E-state index contributed by atoms with van der Waals surface area (Å²) in [6.45, 7) is 7.36. The van der Waals surface area contributed by atoms with E-state index in [-0.39, 0.29) is 11.8 Å². The molecule has 2 aliphatic heterocycles. The van der Waals surface area contributed by atoms with Crippen LogP contribution in [0.25, 0.3) is 11.5 Å². The molecule has 0 unspecified atom stereocenters. The van der Waals surface area contributed by atoms with E-state index in [1.54, 1.807) is 0 Å². The first-order valence-electron chi connectivity index (χ1n) is 10.6. The summed E-state index contributed by atoms with van der Waals surface area (Å²) in [6.07, 6.45) is 3.97. The summed E-state index contributed by atoms with van der Waals surface area (Å²) in [5.74, 6) is 1.85. The standard InChI is InChI=1S/C23H28N4O2/c1-16-5-7-18(8-6-16)21-25-20(14-24)23(29-21)27-11-3-4-19(15-27)22(28)26-12-9-17(2)10-13-26/h5-8,17,19H,3-4,9-13,15H2,1-2H3/t19-/m0/s1. The second-order valence-electron chi connectivity index (χ2n) is 8.44. The van der Waals surface area contributed by atoms with Gasteiger partial charge in [0.1, 0.15) is 6.07 Å². The van der Waals surface area contributed by atoms with Gasteiger partial charge in [-0.15, -0.1) is 0 Å². The number of aromatic nitrogens is 1. The van der Waals surface area contributed by atoms with Crippen LogP contribution in [-0.4, -0.2) is 42.0 Å². The van der Waals surface area contributed by atoms with Crippen molar-refractivity contribution in [1.29, 1.82) is 5.26 Å². The molecule has 2 aromatic rings. The van der Waals surface area contributed by atoms with E-state index < -0.39 is 0 Å². The molecular formula is C23H28N4O2. The number of oxazole rings is 1. The minimum absolute atomic E-state index is 0.0448. The SMILES string of the molecule is Cc1ccc(-c2nc(C#N)c(N3CCC[C@H](C(=O)N4CCC(C)CC4)C3)o2)cc1. The molecule has 1 atom stereocenters. The fourth-order valence-corrected chi connectivity index (χ4v) is 4.27. The van der Waals surface area contributed by atoms with Crippen molar-refractivity contribution in [3.05, 3.63) is 35.5 Å². The fourth-order valence-electron chi connectivity index (χ4n) is 4.27. The lowest BCUT2D eigenvalue weighted by Gasteiger charge is -2.37. The van der Waals surface area contributed by atoms with Gasteiger partial charge in [0.2, 0.25) is 23.4 Å². The first-order chi connectivity index (χ1) is 14.0. The molecule has 0 saturated carbocycles. The minimum atomic E-state index is -0.0448. The molecule has 0 radical (unpaired) electrons. The Labute approximate surface area is 172 Å². The molecule has 0 spiro atoms. The molecule has 6 heteroatoms. The first-order valence-corrected chi connectivity index (χ1v) is 10.6. The zero-order chi connectivity index (χ0) is 20.4. The molecule has 29 heavy (non-hydrogen) atoms. The number of hydrogen-bond acceptors (Lipinski definition) is 5. The molecule has 3 heterocycles. The number of carbonyl (C=O) groups is 1. The van der Waals surface area contributed by atoms with Crippen LogP contribution in [0, 0.1) is 30.1 Å². The van der Waals surface area contributed by atoms with E-state index in [1.165, 1.54) is 0 Å². The molecule has 0 bridgehead atoms. The third kappa shape index (κ3) is 4.14. The second kappa shape index (κ2) is 8.28. The largest absolute Gasteiger partial charge is 0.419 e. The van der Waals surface area contributed by atoms with Crippen molar-refractivity contribution in [2.75, 3.05) is 31.1 Å². The Kier molecular flexibility index (Phi) is 5.57. The average molecular weight is 393 g/mol. The van der Waals surface area contributed by atoms with Gasteiger partial charge in [-0.2, -0.15) is 10.2 Å². The molecule has 152 valence electrons. The molecule has 1 amide bonds. The van der Waals surface area contributed by atoms with Crippen LogP contribution in [0.4, 0.5) is 5.88 Å². The summed E-state index contributed by atoms with van der Waals surface area (Å²) in [6, 6.07) is 10.1. The van der Waals surface area contributed by atoms with Crippen LogP contribution in [0.2, 0.25) is 0 Å². The number of hydrogen-bond donors (Lipinski definition) is 0. The third-order valence-corrected chi connectivity index (χ3v) is 6.17. The predicted octanol–water partition coefficient (Wildman–Crippen LogP) is 4.00. The highest BCUT2D eigenvalue weighted by Crippen LogP contribution is 2.32. The van der Waals surface area contributed by atoms with Crippen LogP contribution in [0.5, 0.6) is 0 Å². The van der Waals surface area contributed by atoms with Gasteiger partial charge in [0.15, 0.2) is 0 Å². The highest BCUT2D eigenvalue weighted by atomic mass is 16.4. The van der Waals surface area contributed by atoms with Crippen LogP contribution >= 0.6 is 0 Å². The summed E-state index contributed by atoms with van der Waals surface area (Å²) in [4.78, 5) is 21.5. The number of likely N-dealkylation sites (tertiary alicyclic amines) is 1. The molecule has 1 aromatic carbocycles. The van der Waals surface area contributed by atoms with E-state index in [2.05, 4.69) is 18.0 Å². The lowest BCUT2D eigenvalue weighted by Crippen LogP contribution is -2.47. The Bertz CT molecular complexity index is 904. The molecule has 0 aliphatic carbocycles. The maximum absolute atomic E-state index is 13.0. The normalized spacial score (nSPS) is 20.5. The molecule has 1 aromatic heterocycles. The Morgan fingerprint density at radius 3 is 2.59 bits per heavy atom. The molecule has 0 N–H and O–H groups in total. The van der Waals surface area contributed by atoms with Crippen LogP contribution in [0.1, 0.15) is 43.9 Å². The van der Waals surface area contributed by atoms with Crippen molar-refractivity contribution in [3.8, 4) is 17.5 Å². The topological polar surface area (TPSA) is 73.4 Å². The number of piperidine rings is 2. The lowest BCUT2D eigenvalue weighted by atomic mass is 9.93. The summed E-state index contributed by atoms with van der Waals surface area (Å²) in [7, 11) is 0. The molecule has 6 nitrogen and oxygen atoms in total. The number of anilines is 1. The van der Waals surface area contributed by atoms with Crippen molar-refractivity contribution in [2.45, 2.75) is 39.5 Å². The van der Waals surface area contributed by atoms with Gasteiger partial charge >= 0.3 is 0 Å². The van der Waals surface area contributed by atoms with Gasteiger partial charge in [-0.3, -0.25) is 4.79 Å². The summed E-state index contributed by atoms with van der Waals surface area (Å²) >= 11 is 0. The number of nitriles is 1. The van der Waals surface area contributed by atoms with E-state index >= 15 is 0 Å². The maximum atomic E-state index is 13.0. The Morgan fingerprint density at radius 2 is 1.90 bits per heavy atom. The lowest BCUT2D eigenvalue weighted by molar-refractivity contribution is -0.137. The van der Waals surface area contributed by atoms with Crippen LogP contribution in [0.3, 0.4) is 0 Å². The quantitative estimate of drug-likeness (QED) is 0.789. The number of aryl methyl sites for hydroxylation is 1. The van der Waals surface area contributed by atoms with Crippen molar-refractivity contribution in [3.63, 3.8) is 0 Å². The maximum Gasteiger partial charge on any atom is 0.235 e. The minimum Gasteiger partial charge on any atom is -0.419 e. The van der Waals surface area contributed by atoms with E-state index in [9.17, 15) is 10.1 Å². The fraction of sp³-hybridized carbons (Fsp3) is 0.522. The van der Waals surface area contributed by atoms with Crippen molar-refractivity contribution in [1.82, 2.24) is 9.88 Å². The number of rotatable bonds is 3. The monoisotopic (exact) mass is 392 g/mol. The Hall–Kier alpha value is -2.81. The van der Waals surface area contributed by atoms with Crippen molar-refractivity contribution >= 4 is 11.8 Å². The summed E-state index contributed by atoms with van der Waals surface area (Å²) in [5.41, 5.74) is 2.30. The van der Waals surface area contributed by atoms with Gasteiger partial charge < -0.3 is 14.2 Å². The number of benzene rings is 1. The molecule has 2 fully saturated rings. The van der Waals surface area contributed by atoms with Gasteiger partial charge in [-0.1, -0.05) is 24.6 Å². The van der Waals surface area contributed by atoms with E-state index in [1.807, 2.05) is 41.0 Å². The number of nitrogens with zero attached hydrogens (tertiary/aromatic N) is 4. The van der Waals surface area contributed by atoms with Gasteiger partial charge in [-0.25, -0.2) is 0 Å². The summed E-state index contributed by atoms with van der Waals surface area (Å²) in [5, 5.41) is 9.58. The van der Waals surface area contributed by atoms with Gasteiger partial charge in [0.25, 0.3) is 0 Å². The highest BCUT2D eigenvalue weighted by Gasteiger charge is 2.33. The average Bonchev–Trinajstić information content (AvgIpc) is 3.19. The van der Waals surface area contributed by atoms with Gasteiger partial charge in [-0.05, 0) is 50.7 Å². The zero-order valence-corrected chi connectivity index (χ0v) is 17.2. The van der Waals surface area contributed by atoms with Crippen molar-refractivity contribution in [2.24, 2.45) is 11.8 Å². The molecule has 2 saturated heterocycles.